The standard InChI is InChI=1S/C13H15ClF2/c14-11(10-5-6-10)3-1-2-9-4-7-12(15)13(16)8-9/h4,7-8,10-11H,1-3,5-6H2. The zero-order valence-electron chi connectivity index (χ0n) is 9.06. The lowest BCUT2D eigenvalue weighted by Gasteiger charge is -2.07. The minimum absolute atomic E-state index is 0.269. The van der Waals surface area contributed by atoms with Crippen molar-refractivity contribution in [3.63, 3.8) is 0 Å². The molecule has 88 valence electrons. The smallest absolute Gasteiger partial charge is 0.159 e. The van der Waals surface area contributed by atoms with Crippen LogP contribution in [0, 0.1) is 17.6 Å². The number of rotatable bonds is 5. The van der Waals surface area contributed by atoms with E-state index in [4.69, 9.17) is 11.6 Å². The summed E-state index contributed by atoms with van der Waals surface area (Å²) >= 11 is 6.17. The lowest BCUT2D eigenvalue weighted by atomic mass is 10.1. The van der Waals surface area contributed by atoms with E-state index in [0.29, 0.717) is 5.92 Å². The number of hydrogen-bond donors (Lipinski definition) is 0. The van der Waals surface area contributed by atoms with Gasteiger partial charge in [0.2, 0.25) is 0 Å². The lowest BCUT2D eigenvalue weighted by molar-refractivity contribution is 0.506. The van der Waals surface area contributed by atoms with Crippen molar-refractivity contribution in [3.8, 4) is 0 Å². The van der Waals surface area contributed by atoms with Crippen LogP contribution in [0.2, 0.25) is 0 Å². The predicted octanol–water partition coefficient (Wildman–Crippen LogP) is 4.30. The molecule has 1 aromatic rings. The summed E-state index contributed by atoms with van der Waals surface area (Å²) in [4.78, 5) is 0. The Morgan fingerprint density at radius 1 is 1.25 bits per heavy atom. The average Bonchev–Trinajstić information content (AvgIpc) is 3.07. The molecule has 0 aliphatic heterocycles. The van der Waals surface area contributed by atoms with Gasteiger partial charge in [-0.3, -0.25) is 0 Å². The van der Waals surface area contributed by atoms with E-state index in [1.54, 1.807) is 6.07 Å². The fourth-order valence-corrected chi connectivity index (χ4v) is 2.30. The van der Waals surface area contributed by atoms with Crippen LogP contribution in [0.15, 0.2) is 18.2 Å². The summed E-state index contributed by atoms with van der Waals surface area (Å²) in [5.41, 5.74) is 0.846. The van der Waals surface area contributed by atoms with Gasteiger partial charge in [-0.05, 0) is 55.7 Å². The highest BCUT2D eigenvalue weighted by molar-refractivity contribution is 6.20. The van der Waals surface area contributed by atoms with Crippen LogP contribution in [0.25, 0.3) is 0 Å². The Hall–Kier alpha value is -0.630. The number of halogens is 3. The third-order valence-electron chi connectivity index (χ3n) is 3.06. The third-order valence-corrected chi connectivity index (χ3v) is 3.64. The number of hydrogen-bond acceptors (Lipinski definition) is 0. The molecule has 2 rings (SSSR count). The molecule has 0 N–H and O–H groups in total. The van der Waals surface area contributed by atoms with Crippen LogP contribution < -0.4 is 0 Å². The monoisotopic (exact) mass is 244 g/mol. The molecule has 0 radical (unpaired) electrons. The van der Waals surface area contributed by atoms with Crippen LogP contribution in [0.4, 0.5) is 8.78 Å². The number of alkyl halides is 1. The molecule has 1 fully saturated rings. The molecule has 1 unspecified atom stereocenters. The van der Waals surface area contributed by atoms with Gasteiger partial charge in [-0.1, -0.05) is 6.07 Å². The molecule has 1 aromatic carbocycles. The Morgan fingerprint density at radius 3 is 2.62 bits per heavy atom. The van der Waals surface area contributed by atoms with E-state index in [1.165, 1.54) is 25.0 Å². The molecule has 1 aliphatic carbocycles. The largest absolute Gasteiger partial charge is 0.204 e. The van der Waals surface area contributed by atoms with E-state index >= 15 is 0 Å². The molecule has 1 atom stereocenters. The third kappa shape index (κ3) is 3.18. The highest BCUT2D eigenvalue weighted by Crippen LogP contribution is 2.37. The second-order valence-electron chi connectivity index (χ2n) is 4.49. The summed E-state index contributed by atoms with van der Waals surface area (Å²) in [6.45, 7) is 0. The summed E-state index contributed by atoms with van der Waals surface area (Å²) in [5.74, 6) is -0.842. The van der Waals surface area contributed by atoms with Crippen molar-refractivity contribution in [1.29, 1.82) is 0 Å². The van der Waals surface area contributed by atoms with Gasteiger partial charge in [0.15, 0.2) is 11.6 Å². The second-order valence-corrected chi connectivity index (χ2v) is 5.05. The van der Waals surface area contributed by atoms with E-state index in [-0.39, 0.29) is 5.38 Å². The summed E-state index contributed by atoms with van der Waals surface area (Å²) in [7, 11) is 0. The molecule has 16 heavy (non-hydrogen) atoms. The van der Waals surface area contributed by atoms with Gasteiger partial charge in [0, 0.05) is 5.38 Å². The Bertz CT molecular complexity index is 361. The summed E-state index contributed by atoms with van der Waals surface area (Å²) < 4.78 is 25.6. The van der Waals surface area contributed by atoms with Crippen molar-refractivity contribution in [3.05, 3.63) is 35.4 Å². The zero-order valence-corrected chi connectivity index (χ0v) is 9.81. The van der Waals surface area contributed by atoms with Gasteiger partial charge in [-0.25, -0.2) is 8.78 Å². The van der Waals surface area contributed by atoms with Gasteiger partial charge in [-0.2, -0.15) is 0 Å². The SMILES string of the molecule is Fc1ccc(CCCC(Cl)C2CC2)cc1F. The molecule has 0 aromatic heterocycles. The maximum Gasteiger partial charge on any atom is 0.159 e. The first-order chi connectivity index (χ1) is 7.66. The number of benzene rings is 1. The predicted molar refractivity (Wildman–Crippen MR) is 61.7 cm³/mol. The molecule has 0 heterocycles. The van der Waals surface area contributed by atoms with E-state index in [1.807, 2.05) is 0 Å². The Kier molecular flexibility index (Phi) is 3.80. The second kappa shape index (κ2) is 5.13. The quantitative estimate of drug-likeness (QED) is 0.678. The molecular weight excluding hydrogens is 230 g/mol. The van der Waals surface area contributed by atoms with Gasteiger partial charge in [0.1, 0.15) is 0 Å². The lowest BCUT2D eigenvalue weighted by Crippen LogP contribution is -2.01. The van der Waals surface area contributed by atoms with E-state index in [0.717, 1.165) is 24.8 Å². The van der Waals surface area contributed by atoms with Gasteiger partial charge >= 0.3 is 0 Å². The van der Waals surface area contributed by atoms with Crippen LogP contribution in [-0.4, -0.2) is 5.38 Å². The summed E-state index contributed by atoms with van der Waals surface area (Å²) in [6, 6.07) is 4.10. The van der Waals surface area contributed by atoms with Gasteiger partial charge in [0.05, 0.1) is 0 Å². The van der Waals surface area contributed by atoms with Crippen molar-refractivity contribution in [1.82, 2.24) is 0 Å². The van der Waals surface area contributed by atoms with Crippen molar-refractivity contribution < 1.29 is 8.78 Å². The first kappa shape index (κ1) is 11.8. The Morgan fingerprint density at radius 2 is 2.00 bits per heavy atom. The van der Waals surface area contributed by atoms with Crippen LogP contribution in [0.5, 0.6) is 0 Å². The maximum absolute atomic E-state index is 12.9. The van der Waals surface area contributed by atoms with Crippen LogP contribution >= 0.6 is 11.6 Å². The summed E-state index contributed by atoms with van der Waals surface area (Å²) in [5, 5.41) is 0.269. The molecule has 0 spiro atoms. The minimum atomic E-state index is -0.781. The normalized spacial score (nSPS) is 17.4. The van der Waals surface area contributed by atoms with Gasteiger partial charge in [0.25, 0.3) is 0 Å². The van der Waals surface area contributed by atoms with E-state index < -0.39 is 11.6 Å². The molecular formula is C13H15ClF2. The average molecular weight is 245 g/mol. The van der Waals surface area contributed by atoms with Crippen molar-refractivity contribution >= 4 is 11.6 Å². The van der Waals surface area contributed by atoms with Crippen LogP contribution in [0.3, 0.4) is 0 Å². The molecule has 3 heteroatoms. The molecule has 0 bridgehead atoms. The van der Waals surface area contributed by atoms with Crippen LogP contribution in [-0.2, 0) is 6.42 Å². The first-order valence-corrected chi connectivity index (χ1v) is 6.18. The van der Waals surface area contributed by atoms with E-state index in [9.17, 15) is 8.78 Å². The fraction of sp³-hybridized carbons (Fsp3) is 0.538. The van der Waals surface area contributed by atoms with Crippen molar-refractivity contribution in [2.45, 2.75) is 37.5 Å². The Balaban J connectivity index is 1.78. The number of aryl methyl sites for hydroxylation is 1. The van der Waals surface area contributed by atoms with Crippen LogP contribution in [0.1, 0.15) is 31.2 Å². The molecule has 0 nitrogen and oxygen atoms in total. The molecule has 1 aliphatic rings. The van der Waals surface area contributed by atoms with Gasteiger partial charge in [-0.15, -0.1) is 11.6 Å². The van der Waals surface area contributed by atoms with Crippen molar-refractivity contribution in [2.24, 2.45) is 5.92 Å². The zero-order chi connectivity index (χ0) is 11.5. The molecule has 0 saturated heterocycles. The Labute approximate surface area is 99.6 Å². The molecule has 0 amide bonds. The fourth-order valence-electron chi connectivity index (χ4n) is 1.89. The molecule has 1 saturated carbocycles. The van der Waals surface area contributed by atoms with Gasteiger partial charge < -0.3 is 0 Å². The first-order valence-electron chi connectivity index (χ1n) is 5.75. The maximum atomic E-state index is 12.9. The topological polar surface area (TPSA) is 0 Å². The van der Waals surface area contributed by atoms with E-state index in [2.05, 4.69) is 0 Å². The highest BCUT2D eigenvalue weighted by atomic mass is 35.5. The summed E-state index contributed by atoms with van der Waals surface area (Å²) in [6.07, 6.45) is 5.17. The minimum Gasteiger partial charge on any atom is -0.204 e. The highest BCUT2D eigenvalue weighted by Gasteiger charge is 2.28. The van der Waals surface area contributed by atoms with Crippen molar-refractivity contribution in [2.75, 3.05) is 0 Å².